The van der Waals surface area contributed by atoms with E-state index in [0.717, 1.165) is 41.8 Å². The molecule has 1 N–H and O–H groups in total. The lowest BCUT2D eigenvalue weighted by molar-refractivity contribution is 0.0827. The van der Waals surface area contributed by atoms with Crippen LogP contribution in [0.3, 0.4) is 0 Å². The Bertz CT molecular complexity index is 1430. The van der Waals surface area contributed by atoms with Crippen LogP contribution in [-0.2, 0) is 13.6 Å². The number of hydrogen-bond acceptors (Lipinski definition) is 4. The summed E-state index contributed by atoms with van der Waals surface area (Å²) >= 11 is 0. The second-order valence-corrected chi connectivity index (χ2v) is 10.0. The number of hydrogen-bond donors (Lipinski definition) is 1. The summed E-state index contributed by atoms with van der Waals surface area (Å²) in [6.45, 7) is 3.29. The van der Waals surface area contributed by atoms with E-state index in [-0.39, 0.29) is 11.8 Å². The summed E-state index contributed by atoms with van der Waals surface area (Å²) < 4.78 is 1.74. The molecule has 1 aliphatic heterocycles. The van der Waals surface area contributed by atoms with Crippen LogP contribution < -0.4 is 0 Å². The molecule has 3 aromatic carbocycles. The summed E-state index contributed by atoms with van der Waals surface area (Å²) in [6, 6.07) is 23.8. The van der Waals surface area contributed by atoms with Crippen molar-refractivity contribution in [1.82, 2.24) is 14.4 Å². The predicted octanol–water partition coefficient (Wildman–Crippen LogP) is 5.74. The van der Waals surface area contributed by atoms with Gasteiger partial charge in [-0.3, -0.25) is 9.69 Å². The third kappa shape index (κ3) is 5.16. The molecule has 0 saturated carbocycles. The van der Waals surface area contributed by atoms with E-state index in [4.69, 9.17) is 4.99 Å². The number of nitrogens with zero attached hydrogens (tertiary/aromatic N) is 4. The number of aryl methyl sites for hydroxylation is 1. The minimum atomic E-state index is -0.0845. The fourth-order valence-electron chi connectivity index (χ4n) is 5.10. The molecule has 0 atom stereocenters. The van der Waals surface area contributed by atoms with Crippen molar-refractivity contribution in [2.75, 3.05) is 27.2 Å². The number of aliphatic imine (C=N–C) groups is 1. The number of fused-ring (bicyclic) bond motifs is 1. The van der Waals surface area contributed by atoms with Crippen LogP contribution in [0.5, 0.6) is 5.88 Å². The molecule has 0 spiro atoms. The van der Waals surface area contributed by atoms with Crippen LogP contribution >= 0.6 is 0 Å². The number of aromatic hydroxyl groups is 1. The van der Waals surface area contributed by atoms with E-state index in [1.807, 2.05) is 61.6 Å². The van der Waals surface area contributed by atoms with Gasteiger partial charge in [0.25, 0.3) is 5.91 Å². The van der Waals surface area contributed by atoms with Crippen LogP contribution in [0.4, 0.5) is 5.69 Å². The van der Waals surface area contributed by atoms with Crippen molar-refractivity contribution in [3.8, 4) is 5.88 Å². The molecule has 1 aromatic heterocycles. The third-order valence-electron chi connectivity index (χ3n) is 7.14. The molecule has 6 nitrogen and oxygen atoms in total. The van der Waals surface area contributed by atoms with Gasteiger partial charge in [-0.15, -0.1) is 0 Å². The number of rotatable bonds is 6. The number of likely N-dealkylation sites (tertiary alicyclic amines) is 1. The van der Waals surface area contributed by atoms with Crippen LogP contribution in [0.25, 0.3) is 10.9 Å². The quantitative estimate of drug-likeness (QED) is 0.348. The standard InChI is InChI=1S/C31H34N4O2/c1-33(2)30(36)24-14-17-27-26(20-24)28(31(37)34(27)3)29(23-10-6-4-7-11-23)32-25-15-12-22(13-16-25)21-35-18-8-5-9-19-35/h4,6-7,10-17,20,37H,5,8-9,18-19,21H2,1-3H3. The first-order chi connectivity index (χ1) is 17.9. The number of carbonyl (C=O) groups excluding carboxylic acids is 1. The van der Waals surface area contributed by atoms with E-state index >= 15 is 0 Å². The molecule has 1 fully saturated rings. The van der Waals surface area contributed by atoms with Gasteiger partial charge in [0.05, 0.1) is 22.5 Å². The van der Waals surface area contributed by atoms with Gasteiger partial charge >= 0.3 is 0 Å². The molecular formula is C31H34N4O2. The summed E-state index contributed by atoms with van der Waals surface area (Å²) in [6.07, 6.45) is 3.89. The van der Waals surface area contributed by atoms with Crippen LogP contribution in [0, 0.1) is 0 Å². The first-order valence-electron chi connectivity index (χ1n) is 12.9. The number of piperidine rings is 1. The molecule has 2 heterocycles. The average Bonchev–Trinajstić information content (AvgIpc) is 3.17. The van der Waals surface area contributed by atoms with Crippen LogP contribution in [0.15, 0.2) is 77.8 Å². The van der Waals surface area contributed by atoms with Gasteiger partial charge in [-0.2, -0.15) is 0 Å². The molecule has 0 radical (unpaired) electrons. The van der Waals surface area contributed by atoms with Gasteiger partial charge in [-0.05, 0) is 61.8 Å². The first kappa shape index (κ1) is 24.8. The molecular weight excluding hydrogens is 460 g/mol. The Morgan fingerprint density at radius 1 is 0.919 bits per heavy atom. The minimum absolute atomic E-state index is 0.0845. The smallest absolute Gasteiger partial charge is 0.253 e. The fourth-order valence-corrected chi connectivity index (χ4v) is 5.10. The second-order valence-electron chi connectivity index (χ2n) is 10.0. The van der Waals surface area contributed by atoms with Gasteiger partial charge in [0.15, 0.2) is 0 Å². The van der Waals surface area contributed by atoms with Gasteiger partial charge in [0.2, 0.25) is 5.88 Å². The van der Waals surface area contributed by atoms with E-state index in [9.17, 15) is 9.90 Å². The van der Waals surface area contributed by atoms with Gasteiger partial charge in [-0.25, -0.2) is 4.99 Å². The Hall–Kier alpha value is -3.90. The van der Waals surface area contributed by atoms with Gasteiger partial charge in [0, 0.05) is 44.2 Å². The summed E-state index contributed by atoms with van der Waals surface area (Å²) in [5, 5.41) is 12.1. The second kappa shape index (κ2) is 10.6. The molecule has 1 aliphatic rings. The molecule has 1 amide bonds. The monoisotopic (exact) mass is 494 g/mol. The SMILES string of the molecule is CN(C)C(=O)c1ccc2c(c1)c(C(=Nc1ccc(CN3CCCCC3)cc1)c1ccccc1)c(O)n2C. The predicted molar refractivity (Wildman–Crippen MR) is 150 cm³/mol. The zero-order valence-corrected chi connectivity index (χ0v) is 21.8. The molecule has 5 rings (SSSR count). The number of aromatic nitrogens is 1. The summed E-state index contributed by atoms with van der Waals surface area (Å²) in [4.78, 5) is 21.8. The van der Waals surface area contributed by atoms with Crippen molar-refractivity contribution in [3.63, 3.8) is 0 Å². The molecule has 0 aliphatic carbocycles. The Morgan fingerprint density at radius 2 is 1.62 bits per heavy atom. The Morgan fingerprint density at radius 3 is 2.30 bits per heavy atom. The lowest BCUT2D eigenvalue weighted by atomic mass is 9.99. The van der Waals surface area contributed by atoms with Crippen LogP contribution in [0.1, 0.15) is 46.3 Å². The van der Waals surface area contributed by atoms with Crippen molar-refractivity contribution in [2.24, 2.45) is 12.0 Å². The van der Waals surface area contributed by atoms with E-state index < -0.39 is 0 Å². The van der Waals surface area contributed by atoms with Gasteiger partial charge in [0.1, 0.15) is 0 Å². The highest BCUT2D eigenvalue weighted by Gasteiger charge is 2.22. The lowest BCUT2D eigenvalue weighted by Crippen LogP contribution is -2.28. The molecule has 0 unspecified atom stereocenters. The lowest BCUT2D eigenvalue weighted by Gasteiger charge is -2.26. The summed E-state index contributed by atoms with van der Waals surface area (Å²) in [5.74, 6) is 0.0347. The summed E-state index contributed by atoms with van der Waals surface area (Å²) in [7, 11) is 5.30. The van der Waals surface area contributed by atoms with Crippen molar-refractivity contribution < 1.29 is 9.90 Å². The summed E-state index contributed by atoms with van der Waals surface area (Å²) in [5.41, 5.74) is 5.69. The van der Waals surface area contributed by atoms with E-state index in [0.29, 0.717) is 16.8 Å². The van der Waals surface area contributed by atoms with E-state index in [1.54, 1.807) is 29.6 Å². The van der Waals surface area contributed by atoms with Gasteiger partial charge < -0.3 is 14.6 Å². The molecule has 1 saturated heterocycles. The Balaban J connectivity index is 1.59. The molecule has 37 heavy (non-hydrogen) atoms. The van der Waals surface area contributed by atoms with Crippen molar-refractivity contribution >= 4 is 28.2 Å². The zero-order chi connectivity index (χ0) is 25.9. The van der Waals surface area contributed by atoms with Crippen molar-refractivity contribution in [1.29, 1.82) is 0 Å². The maximum absolute atomic E-state index is 12.7. The largest absolute Gasteiger partial charge is 0.494 e. The molecule has 190 valence electrons. The highest BCUT2D eigenvalue weighted by atomic mass is 16.3. The Kier molecular flexibility index (Phi) is 7.10. The van der Waals surface area contributed by atoms with Crippen molar-refractivity contribution in [3.05, 3.63) is 95.1 Å². The number of carbonyl (C=O) groups is 1. The first-order valence-corrected chi connectivity index (χ1v) is 12.9. The molecule has 6 heteroatoms. The molecule has 0 bridgehead atoms. The number of benzene rings is 3. The maximum atomic E-state index is 12.7. The fraction of sp³-hybridized carbons (Fsp3) is 0.290. The van der Waals surface area contributed by atoms with E-state index in [2.05, 4.69) is 17.0 Å². The average molecular weight is 495 g/mol. The minimum Gasteiger partial charge on any atom is -0.494 e. The van der Waals surface area contributed by atoms with Crippen LogP contribution in [0.2, 0.25) is 0 Å². The topological polar surface area (TPSA) is 61.1 Å². The normalized spacial score (nSPS) is 14.7. The van der Waals surface area contributed by atoms with Gasteiger partial charge in [-0.1, -0.05) is 48.9 Å². The third-order valence-corrected chi connectivity index (χ3v) is 7.14. The zero-order valence-electron chi connectivity index (χ0n) is 21.8. The van der Waals surface area contributed by atoms with E-state index in [1.165, 1.54) is 24.8 Å². The Labute approximate surface area is 218 Å². The van der Waals surface area contributed by atoms with Crippen LogP contribution in [-0.4, -0.2) is 58.3 Å². The number of amides is 1. The van der Waals surface area contributed by atoms with Crippen molar-refractivity contribution in [2.45, 2.75) is 25.8 Å². The highest BCUT2D eigenvalue weighted by Crippen LogP contribution is 2.34. The maximum Gasteiger partial charge on any atom is 0.253 e. The molecule has 4 aromatic rings. The highest BCUT2D eigenvalue weighted by molar-refractivity contribution is 6.22.